The Kier molecular flexibility index (Phi) is 5.35. The van der Waals surface area contributed by atoms with Crippen LogP contribution >= 0.6 is 0 Å². The molecule has 3 heteroatoms. The van der Waals surface area contributed by atoms with E-state index in [1.54, 1.807) is 6.07 Å². The summed E-state index contributed by atoms with van der Waals surface area (Å²) in [6, 6.07) is 5.59. The molecule has 1 aromatic rings. The molecule has 0 aromatic heterocycles. The number of benzene rings is 1. The maximum Gasteiger partial charge on any atom is 0.146 e. The molecule has 100 valence electrons. The molecule has 0 saturated heterocycles. The Hall–Kier alpha value is -1.35. The summed E-state index contributed by atoms with van der Waals surface area (Å²) in [7, 11) is 1.87. The topological polar surface area (TPSA) is 15.3 Å². The van der Waals surface area contributed by atoms with Crippen molar-refractivity contribution in [3.8, 4) is 0 Å². The van der Waals surface area contributed by atoms with Gasteiger partial charge in [0.05, 0.1) is 5.69 Å². The van der Waals surface area contributed by atoms with Crippen molar-refractivity contribution < 1.29 is 4.39 Å². The molecule has 1 atom stereocenters. The van der Waals surface area contributed by atoms with E-state index in [0.29, 0.717) is 12.2 Å². The minimum absolute atomic E-state index is 0.157. The van der Waals surface area contributed by atoms with Crippen molar-refractivity contribution in [2.75, 3.05) is 25.0 Å². The number of rotatable bonds is 6. The lowest BCUT2D eigenvalue weighted by Gasteiger charge is -2.24. The number of halogens is 1. The number of nitrogens with one attached hydrogen (secondary N) is 1. The highest BCUT2D eigenvalue weighted by Crippen LogP contribution is 2.23. The van der Waals surface area contributed by atoms with Crippen LogP contribution < -0.4 is 10.2 Å². The lowest BCUT2D eigenvalue weighted by molar-refractivity contribution is 0.604. The molecule has 1 rings (SSSR count). The predicted octanol–water partition coefficient (Wildman–Crippen LogP) is 3.51. The zero-order valence-electron chi connectivity index (χ0n) is 11.8. The molecule has 0 amide bonds. The largest absolute Gasteiger partial charge is 0.365 e. The van der Waals surface area contributed by atoms with Gasteiger partial charge in [0.25, 0.3) is 0 Å². The highest BCUT2D eigenvalue weighted by molar-refractivity contribution is 5.50. The van der Waals surface area contributed by atoms with Gasteiger partial charge in [0.15, 0.2) is 0 Å². The average molecular weight is 250 g/mol. The van der Waals surface area contributed by atoms with Gasteiger partial charge in [-0.05, 0) is 45.5 Å². The standard InChI is InChI=1S/C15H23FN2/c1-6-18(10-11(2)3)15-8-7-13(9-14(15)16)12(4)17-5/h7-9,12,17H,2,6,10H2,1,3-5H3. The van der Waals surface area contributed by atoms with Crippen LogP contribution in [-0.2, 0) is 0 Å². The van der Waals surface area contributed by atoms with Crippen LogP contribution in [0.2, 0.25) is 0 Å². The Balaban J connectivity index is 2.99. The summed E-state index contributed by atoms with van der Waals surface area (Å²) < 4.78 is 14.1. The zero-order chi connectivity index (χ0) is 13.7. The summed E-state index contributed by atoms with van der Waals surface area (Å²) in [5.41, 5.74) is 2.64. The second kappa shape index (κ2) is 6.55. The van der Waals surface area contributed by atoms with E-state index >= 15 is 0 Å². The first-order valence-corrected chi connectivity index (χ1v) is 6.35. The fraction of sp³-hybridized carbons (Fsp3) is 0.467. The van der Waals surface area contributed by atoms with Crippen molar-refractivity contribution >= 4 is 5.69 Å². The molecule has 0 aliphatic heterocycles. The summed E-state index contributed by atoms with van der Waals surface area (Å²) >= 11 is 0. The van der Waals surface area contributed by atoms with Crippen molar-refractivity contribution in [3.63, 3.8) is 0 Å². The first kappa shape index (κ1) is 14.7. The fourth-order valence-electron chi connectivity index (χ4n) is 1.91. The minimum Gasteiger partial charge on any atom is -0.365 e. The molecule has 0 aliphatic carbocycles. The summed E-state index contributed by atoms with van der Waals surface area (Å²) in [4.78, 5) is 1.99. The Morgan fingerprint density at radius 3 is 2.61 bits per heavy atom. The summed E-state index contributed by atoms with van der Waals surface area (Å²) in [5, 5.41) is 3.11. The van der Waals surface area contributed by atoms with Crippen molar-refractivity contribution in [3.05, 3.63) is 41.7 Å². The van der Waals surface area contributed by atoms with E-state index < -0.39 is 0 Å². The lowest BCUT2D eigenvalue weighted by Crippen LogP contribution is -2.25. The van der Waals surface area contributed by atoms with E-state index in [2.05, 4.69) is 11.9 Å². The van der Waals surface area contributed by atoms with Crippen LogP contribution in [0.15, 0.2) is 30.4 Å². The average Bonchev–Trinajstić information content (AvgIpc) is 2.35. The van der Waals surface area contributed by atoms with Crippen LogP contribution in [0.4, 0.5) is 10.1 Å². The van der Waals surface area contributed by atoms with Crippen molar-refractivity contribution in [1.29, 1.82) is 0 Å². The van der Waals surface area contributed by atoms with Crippen LogP contribution in [0.5, 0.6) is 0 Å². The van der Waals surface area contributed by atoms with E-state index in [4.69, 9.17) is 0 Å². The van der Waals surface area contributed by atoms with E-state index in [1.165, 1.54) is 0 Å². The number of hydrogen-bond donors (Lipinski definition) is 1. The van der Waals surface area contributed by atoms with Gasteiger partial charge in [-0.15, -0.1) is 0 Å². The third-order valence-corrected chi connectivity index (χ3v) is 3.09. The third-order valence-electron chi connectivity index (χ3n) is 3.09. The van der Waals surface area contributed by atoms with Gasteiger partial charge < -0.3 is 10.2 Å². The highest BCUT2D eigenvalue weighted by atomic mass is 19.1. The predicted molar refractivity (Wildman–Crippen MR) is 76.6 cm³/mol. The first-order valence-electron chi connectivity index (χ1n) is 6.35. The molecular formula is C15H23FN2. The van der Waals surface area contributed by atoms with Crippen molar-refractivity contribution in [1.82, 2.24) is 5.32 Å². The Bertz CT molecular complexity index is 415. The number of nitrogens with zero attached hydrogens (tertiary/aromatic N) is 1. The Morgan fingerprint density at radius 1 is 1.50 bits per heavy atom. The van der Waals surface area contributed by atoms with Crippen LogP contribution in [0, 0.1) is 5.82 Å². The van der Waals surface area contributed by atoms with Crippen molar-refractivity contribution in [2.24, 2.45) is 0 Å². The second-order valence-electron chi connectivity index (χ2n) is 4.69. The summed E-state index contributed by atoms with van der Waals surface area (Å²) in [6.45, 7) is 11.3. The molecule has 0 spiro atoms. The normalized spacial score (nSPS) is 12.3. The zero-order valence-corrected chi connectivity index (χ0v) is 11.8. The molecule has 0 heterocycles. The quantitative estimate of drug-likeness (QED) is 0.777. The number of likely N-dealkylation sites (N-methyl/N-ethyl adjacent to an activating group) is 1. The molecule has 1 N–H and O–H groups in total. The van der Waals surface area contributed by atoms with Gasteiger partial charge in [-0.1, -0.05) is 18.2 Å². The number of anilines is 1. The lowest BCUT2D eigenvalue weighted by atomic mass is 10.1. The highest BCUT2D eigenvalue weighted by Gasteiger charge is 2.12. The van der Waals surface area contributed by atoms with Crippen LogP contribution in [0.3, 0.4) is 0 Å². The van der Waals surface area contributed by atoms with Gasteiger partial charge in [0, 0.05) is 19.1 Å². The molecule has 2 nitrogen and oxygen atoms in total. The fourth-order valence-corrected chi connectivity index (χ4v) is 1.91. The van der Waals surface area contributed by atoms with Gasteiger partial charge in [-0.3, -0.25) is 0 Å². The van der Waals surface area contributed by atoms with E-state index in [-0.39, 0.29) is 11.9 Å². The maximum absolute atomic E-state index is 14.1. The minimum atomic E-state index is -0.169. The molecule has 0 saturated carbocycles. The van der Waals surface area contributed by atoms with E-state index in [9.17, 15) is 4.39 Å². The SMILES string of the molecule is C=C(C)CN(CC)c1ccc(C(C)NC)cc1F. The van der Waals surface area contributed by atoms with Gasteiger partial charge in [-0.25, -0.2) is 4.39 Å². The molecule has 0 bridgehead atoms. The van der Waals surface area contributed by atoms with Gasteiger partial charge in [0.2, 0.25) is 0 Å². The van der Waals surface area contributed by atoms with Gasteiger partial charge >= 0.3 is 0 Å². The molecule has 1 aromatic carbocycles. The molecule has 0 fully saturated rings. The van der Waals surface area contributed by atoms with Crippen LogP contribution in [-0.4, -0.2) is 20.1 Å². The van der Waals surface area contributed by atoms with Crippen molar-refractivity contribution in [2.45, 2.75) is 26.8 Å². The third kappa shape index (κ3) is 3.57. The summed E-state index contributed by atoms with van der Waals surface area (Å²) in [6.07, 6.45) is 0. The smallest absolute Gasteiger partial charge is 0.146 e. The Labute approximate surface area is 110 Å². The van der Waals surface area contributed by atoms with E-state index in [1.807, 2.05) is 44.9 Å². The first-order chi connectivity index (χ1) is 8.49. The Morgan fingerprint density at radius 2 is 2.17 bits per heavy atom. The second-order valence-corrected chi connectivity index (χ2v) is 4.69. The molecular weight excluding hydrogens is 227 g/mol. The number of hydrogen-bond acceptors (Lipinski definition) is 2. The molecule has 0 aliphatic rings. The van der Waals surface area contributed by atoms with Crippen LogP contribution in [0.1, 0.15) is 32.4 Å². The molecule has 1 unspecified atom stereocenters. The molecule has 18 heavy (non-hydrogen) atoms. The monoisotopic (exact) mass is 250 g/mol. The maximum atomic E-state index is 14.1. The van der Waals surface area contributed by atoms with Gasteiger partial charge in [0.1, 0.15) is 5.82 Å². The molecule has 0 radical (unpaired) electrons. The van der Waals surface area contributed by atoms with Crippen LogP contribution in [0.25, 0.3) is 0 Å². The van der Waals surface area contributed by atoms with Gasteiger partial charge in [-0.2, -0.15) is 0 Å². The van der Waals surface area contributed by atoms with E-state index in [0.717, 1.165) is 17.7 Å². The summed E-state index contributed by atoms with van der Waals surface area (Å²) in [5.74, 6) is -0.169.